The van der Waals surface area contributed by atoms with Crippen LogP contribution >= 0.6 is 0 Å². The summed E-state index contributed by atoms with van der Waals surface area (Å²) in [6.07, 6.45) is -0.546. The summed E-state index contributed by atoms with van der Waals surface area (Å²) in [6, 6.07) is 38.8. The van der Waals surface area contributed by atoms with Crippen LogP contribution < -0.4 is 9.47 Å². The molecular formula is C27H20O2. The van der Waals surface area contributed by atoms with Gasteiger partial charge in [-0.2, -0.15) is 0 Å². The Labute approximate surface area is 170 Å². The van der Waals surface area contributed by atoms with Crippen molar-refractivity contribution in [2.24, 2.45) is 0 Å². The molecule has 0 aliphatic carbocycles. The highest BCUT2D eigenvalue weighted by Crippen LogP contribution is 2.30. The van der Waals surface area contributed by atoms with Crippen molar-refractivity contribution in [1.29, 1.82) is 0 Å². The van der Waals surface area contributed by atoms with Gasteiger partial charge in [0, 0.05) is 5.56 Å². The molecule has 0 radical (unpaired) electrons. The minimum absolute atomic E-state index is 0.546. The van der Waals surface area contributed by atoms with Gasteiger partial charge >= 0.3 is 0 Å². The van der Waals surface area contributed by atoms with Crippen molar-refractivity contribution in [3.05, 3.63) is 121 Å². The van der Waals surface area contributed by atoms with E-state index in [4.69, 9.17) is 9.47 Å². The first-order valence-electron chi connectivity index (χ1n) is 9.71. The standard InChI is InChI=1S/C27H20O2/c1-3-11-25(12-4-1)28-27(29-26-13-5-2-6-14-26)23-16-15-22-17-20-9-7-8-10-21(20)18-24(22)19-23/h1-19,27H. The van der Waals surface area contributed by atoms with Crippen molar-refractivity contribution in [3.63, 3.8) is 0 Å². The first kappa shape index (κ1) is 17.3. The van der Waals surface area contributed by atoms with E-state index in [1.165, 1.54) is 21.5 Å². The number of benzene rings is 5. The van der Waals surface area contributed by atoms with Crippen molar-refractivity contribution < 1.29 is 9.47 Å². The average molecular weight is 376 g/mol. The van der Waals surface area contributed by atoms with Crippen LogP contribution in [0.3, 0.4) is 0 Å². The summed E-state index contributed by atoms with van der Waals surface area (Å²) in [6.45, 7) is 0. The summed E-state index contributed by atoms with van der Waals surface area (Å²) >= 11 is 0. The number of hydrogen-bond acceptors (Lipinski definition) is 2. The third kappa shape index (κ3) is 3.78. The Morgan fingerprint density at radius 2 is 0.897 bits per heavy atom. The minimum Gasteiger partial charge on any atom is -0.451 e. The molecule has 5 aromatic carbocycles. The summed E-state index contributed by atoms with van der Waals surface area (Å²) < 4.78 is 12.4. The van der Waals surface area contributed by atoms with Crippen LogP contribution in [0.15, 0.2) is 115 Å². The lowest BCUT2D eigenvalue weighted by Gasteiger charge is -2.21. The fraction of sp³-hybridized carbons (Fsp3) is 0.0370. The summed E-state index contributed by atoms with van der Waals surface area (Å²) in [7, 11) is 0. The Morgan fingerprint density at radius 3 is 1.48 bits per heavy atom. The molecule has 0 saturated carbocycles. The third-order valence-electron chi connectivity index (χ3n) is 4.97. The van der Waals surface area contributed by atoms with Crippen molar-refractivity contribution in [2.45, 2.75) is 6.29 Å². The number of rotatable bonds is 5. The second-order valence-electron chi connectivity index (χ2n) is 7.00. The zero-order valence-electron chi connectivity index (χ0n) is 15.9. The molecule has 0 spiro atoms. The molecular weight excluding hydrogens is 356 g/mol. The second-order valence-corrected chi connectivity index (χ2v) is 7.00. The zero-order valence-corrected chi connectivity index (χ0v) is 15.9. The van der Waals surface area contributed by atoms with Crippen molar-refractivity contribution >= 4 is 21.5 Å². The number of para-hydroxylation sites is 2. The molecule has 0 bridgehead atoms. The van der Waals surface area contributed by atoms with E-state index < -0.39 is 6.29 Å². The van der Waals surface area contributed by atoms with Gasteiger partial charge in [-0.15, -0.1) is 0 Å². The lowest BCUT2D eigenvalue weighted by Crippen LogP contribution is -2.15. The lowest BCUT2D eigenvalue weighted by molar-refractivity contribution is 0.00392. The normalized spacial score (nSPS) is 11.1. The van der Waals surface area contributed by atoms with Gasteiger partial charge in [-0.25, -0.2) is 0 Å². The molecule has 5 rings (SSSR count). The number of fused-ring (bicyclic) bond motifs is 2. The Hall–Kier alpha value is -3.78. The molecule has 5 aromatic rings. The molecule has 2 nitrogen and oxygen atoms in total. The quantitative estimate of drug-likeness (QED) is 0.239. The maximum Gasteiger partial charge on any atom is 0.267 e. The Balaban J connectivity index is 1.56. The molecule has 0 N–H and O–H groups in total. The Morgan fingerprint density at radius 1 is 0.414 bits per heavy atom. The maximum atomic E-state index is 6.22. The van der Waals surface area contributed by atoms with Gasteiger partial charge in [0.15, 0.2) is 0 Å². The van der Waals surface area contributed by atoms with E-state index in [0.717, 1.165) is 17.1 Å². The van der Waals surface area contributed by atoms with Gasteiger partial charge in [-0.1, -0.05) is 72.8 Å². The van der Waals surface area contributed by atoms with E-state index in [2.05, 4.69) is 54.6 Å². The first-order chi connectivity index (χ1) is 14.3. The Kier molecular flexibility index (Phi) is 4.59. The first-order valence-corrected chi connectivity index (χ1v) is 9.71. The number of hydrogen-bond donors (Lipinski definition) is 0. The van der Waals surface area contributed by atoms with E-state index in [1.807, 2.05) is 60.7 Å². The van der Waals surface area contributed by atoms with E-state index in [-0.39, 0.29) is 0 Å². The fourth-order valence-electron chi connectivity index (χ4n) is 3.51. The van der Waals surface area contributed by atoms with Crippen LogP contribution in [0, 0.1) is 0 Å². The van der Waals surface area contributed by atoms with Gasteiger partial charge in [0.2, 0.25) is 0 Å². The van der Waals surface area contributed by atoms with Crippen molar-refractivity contribution in [2.75, 3.05) is 0 Å². The van der Waals surface area contributed by atoms with Gasteiger partial charge in [0.25, 0.3) is 6.29 Å². The highest BCUT2D eigenvalue weighted by Gasteiger charge is 2.16. The molecule has 0 fully saturated rings. The van der Waals surface area contributed by atoms with Gasteiger partial charge in [0.05, 0.1) is 0 Å². The van der Waals surface area contributed by atoms with Crippen molar-refractivity contribution in [3.8, 4) is 11.5 Å². The predicted molar refractivity (Wildman–Crippen MR) is 118 cm³/mol. The second kappa shape index (κ2) is 7.69. The molecule has 0 unspecified atom stereocenters. The molecule has 0 heterocycles. The van der Waals surface area contributed by atoms with Crippen LogP contribution in [0.1, 0.15) is 11.9 Å². The van der Waals surface area contributed by atoms with Crippen LogP contribution in [0.2, 0.25) is 0 Å². The van der Waals surface area contributed by atoms with E-state index in [1.54, 1.807) is 0 Å². The molecule has 140 valence electrons. The predicted octanol–water partition coefficient (Wildman–Crippen LogP) is 7.15. The molecule has 0 atom stereocenters. The van der Waals surface area contributed by atoms with Gasteiger partial charge in [-0.3, -0.25) is 0 Å². The molecule has 2 heteroatoms. The summed E-state index contributed by atoms with van der Waals surface area (Å²) in [5, 5.41) is 4.83. The van der Waals surface area contributed by atoms with Crippen LogP contribution in [0.5, 0.6) is 11.5 Å². The van der Waals surface area contributed by atoms with E-state index >= 15 is 0 Å². The lowest BCUT2D eigenvalue weighted by atomic mass is 10.0. The van der Waals surface area contributed by atoms with Crippen molar-refractivity contribution in [1.82, 2.24) is 0 Å². The summed E-state index contributed by atoms with van der Waals surface area (Å²) in [5.41, 5.74) is 0.973. The van der Waals surface area contributed by atoms with Gasteiger partial charge in [-0.05, 0) is 64.0 Å². The van der Waals surface area contributed by atoms with E-state index in [0.29, 0.717) is 0 Å². The SMILES string of the molecule is c1ccc(OC(Oc2ccccc2)c2ccc3cc4ccccc4cc3c2)cc1. The molecule has 29 heavy (non-hydrogen) atoms. The average Bonchev–Trinajstić information content (AvgIpc) is 2.78. The highest BCUT2D eigenvalue weighted by molar-refractivity contribution is 5.98. The largest absolute Gasteiger partial charge is 0.451 e. The zero-order chi connectivity index (χ0) is 19.5. The molecule has 0 aliphatic rings. The Bertz CT molecular complexity index is 1210. The topological polar surface area (TPSA) is 18.5 Å². The van der Waals surface area contributed by atoms with E-state index in [9.17, 15) is 0 Å². The third-order valence-corrected chi connectivity index (χ3v) is 4.97. The van der Waals surface area contributed by atoms with Crippen LogP contribution in [-0.4, -0.2) is 0 Å². The fourth-order valence-corrected chi connectivity index (χ4v) is 3.51. The van der Waals surface area contributed by atoms with Crippen LogP contribution in [-0.2, 0) is 0 Å². The van der Waals surface area contributed by atoms with Gasteiger partial charge < -0.3 is 9.47 Å². The molecule has 0 aliphatic heterocycles. The number of ether oxygens (including phenoxy) is 2. The highest BCUT2D eigenvalue weighted by atomic mass is 16.7. The van der Waals surface area contributed by atoms with Crippen LogP contribution in [0.4, 0.5) is 0 Å². The summed E-state index contributed by atoms with van der Waals surface area (Å²) in [5.74, 6) is 1.54. The smallest absolute Gasteiger partial charge is 0.267 e. The van der Waals surface area contributed by atoms with Gasteiger partial charge in [0.1, 0.15) is 11.5 Å². The molecule has 0 aromatic heterocycles. The molecule has 0 amide bonds. The molecule has 0 saturated heterocycles. The maximum absolute atomic E-state index is 6.22. The summed E-state index contributed by atoms with van der Waals surface area (Å²) in [4.78, 5) is 0. The monoisotopic (exact) mass is 376 g/mol. The van der Waals surface area contributed by atoms with Crippen LogP contribution in [0.25, 0.3) is 21.5 Å². The minimum atomic E-state index is -0.546.